The van der Waals surface area contributed by atoms with Gasteiger partial charge in [0.05, 0.1) is 6.10 Å². The highest BCUT2D eigenvalue weighted by Gasteiger charge is 2.23. The number of carboxylic acids is 1. The Labute approximate surface area is 121 Å². The monoisotopic (exact) mass is 298 g/mol. The van der Waals surface area contributed by atoms with E-state index >= 15 is 0 Å². The molecule has 0 aromatic carbocycles. The molecule has 20 heavy (non-hydrogen) atoms. The lowest BCUT2D eigenvalue weighted by Gasteiger charge is -2.15. The zero-order valence-electron chi connectivity index (χ0n) is 11.0. The molecule has 2 atom stereocenters. The van der Waals surface area contributed by atoms with E-state index in [-0.39, 0.29) is 6.10 Å². The highest BCUT2D eigenvalue weighted by molar-refractivity contribution is 7.10. The van der Waals surface area contributed by atoms with Gasteiger partial charge in [0.25, 0.3) is 0 Å². The lowest BCUT2D eigenvalue weighted by molar-refractivity contribution is -0.139. The lowest BCUT2D eigenvalue weighted by Crippen LogP contribution is -2.41. The largest absolute Gasteiger partial charge is 0.479 e. The fraction of sp³-hybridized carbons (Fsp3) is 0.538. The van der Waals surface area contributed by atoms with E-state index in [0.29, 0.717) is 11.4 Å². The third kappa shape index (κ3) is 4.21. The maximum Gasteiger partial charge on any atom is 0.331 e. The molecule has 7 heteroatoms. The number of nitrogens with one attached hydrogen (secondary N) is 2. The third-order valence-electron chi connectivity index (χ3n) is 3.13. The number of hydrogen-bond donors (Lipinski definition) is 3. The number of ether oxygens (including phenoxy) is 1. The molecular formula is C13H18N2O4S. The van der Waals surface area contributed by atoms with Crippen molar-refractivity contribution in [3.8, 4) is 0 Å². The summed E-state index contributed by atoms with van der Waals surface area (Å²) in [4.78, 5) is 23.5. The van der Waals surface area contributed by atoms with E-state index in [1.54, 1.807) is 17.5 Å². The molecule has 0 bridgehead atoms. The predicted octanol–water partition coefficient (Wildman–Crippen LogP) is 1.74. The van der Waals surface area contributed by atoms with Gasteiger partial charge in [-0.15, -0.1) is 11.3 Å². The van der Waals surface area contributed by atoms with Gasteiger partial charge in [-0.1, -0.05) is 6.07 Å². The number of amides is 2. The Hall–Kier alpha value is -1.60. The number of carbonyl (C=O) groups excluding carboxylic acids is 1. The van der Waals surface area contributed by atoms with E-state index in [4.69, 9.17) is 9.84 Å². The van der Waals surface area contributed by atoms with Crippen molar-refractivity contribution >= 4 is 23.3 Å². The van der Waals surface area contributed by atoms with Gasteiger partial charge in [0, 0.05) is 18.0 Å². The topological polar surface area (TPSA) is 87.7 Å². The van der Waals surface area contributed by atoms with Gasteiger partial charge >= 0.3 is 12.0 Å². The first-order valence-corrected chi connectivity index (χ1v) is 7.47. The second-order valence-electron chi connectivity index (χ2n) is 4.61. The third-order valence-corrected chi connectivity index (χ3v) is 4.06. The minimum atomic E-state index is -1.07. The molecular weight excluding hydrogens is 280 g/mol. The summed E-state index contributed by atoms with van der Waals surface area (Å²) in [5.41, 5.74) is 0. The average Bonchev–Trinajstić information content (AvgIpc) is 3.08. The maximum atomic E-state index is 11.7. The van der Waals surface area contributed by atoms with E-state index in [2.05, 4.69) is 10.6 Å². The summed E-state index contributed by atoms with van der Waals surface area (Å²) < 4.78 is 5.45. The number of rotatable bonds is 6. The summed E-state index contributed by atoms with van der Waals surface area (Å²) in [6.07, 6.45) is 3.05. The summed E-state index contributed by atoms with van der Waals surface area (Å²) in [5.74, 6) is -1.07. The molecule has 0 aliphatic carbocycles. The van der Waals surface area contributed by atoms with Crippen LogP contribution in [0.1, 0.15) is 30.2 Å². The van der Waals surface area contributed by atoms with Crippen LogP contribution in [0.25, 0.3) is 0 Å². The van der Waals surface area contributed by atoms with E-state index in [9.17, 15) is 9.59 Å². The van der Waals surface area contributed by atoms with E-state index in [1.807, 2.05) is 0 Å². The van der Waals surface area contributed by atoms with Crippen molar-refractivity contribution in [2.75, 3.05) is 13.2 Å². The minimum Gasteiger partial charge on any atom is -0.479 e. The van der Waals surface area contributed by atoms with Crippen LogP contribution in [0.4, 0.5) is 4.79 Å². The first kappa shape index (κ1) is 14.8. The summed E-state index contributed by atoms with van der Waals surface area (Å²) in [7, 11) is 0. The Kier molecular flexibility index (Phi) is 5.37. The van der Waals surface area contributed by atoms with Gasteiger partial charge in [-0.2, -0.15) is 0 Å². The Balaban J connectivity index is 1.75. The van der Waals surface area contributed by atoms with Crippen LogP contribution in [0.15, 0.2) is 17.5 Å². The molecule has 1 aromatic rings. The first-order valence-electron chi connectivity index (χ1n) is 6.59. The van der Waals surface area contributed by atoms with Crippen molar-refractivity contribution in [2.45, 2.75) is 31.4 Å². The van der Waals surface area contributed by atoms with Crippen LogP contribution in [0.3, 0.4) is 0 Å². The Morgan fingerprint density at radius 2 is 2.40 bits per heavy atom. The number of aliphatic carboxylic acids is 1. The standard InChI is InChI=1S/C13H18N2O4S/c16-12(17)11(10-4-2-8-20-10)15-13(18)14-6-5-9-3-1-7-19-9/h2,4,8-9,11H,1,3,5-7H2,(H,16,17)(H2,14,15,18). The van der Waals surface area contributed by atoms with Crippen LogP contribution >= 0.6 is 11.3 Å². The van der Waals surface area contributed by atoms with E-state index in [0.717, 1.165) is 25.9 Å². The number of urea groups is 1. The van der Waals surface area contributed by atoms with Crippen molar-refractivity contribution in [1.29, 1.82) is 0 Å². The van der Waals surface area contributed by atoms with Crippen molar-refractivity contribution in [1.82, 2.24) is 10.6 Å². The van der Waals surface area contributed by atoms with Crippen molar-refractivity contribution in [3.63, 3.8) is 0 Å². The zero-order valence-corrected chi connectivity index (χ0v) is 11.8. The van der Waals surface area contributed by atoms with E-state index in [1.165, 1.54) is 11.3 Å². The Morgan fingerprint density at radius 1 is 1.55 bits per heavy atom. The van der Waals surface area contributed by atoms with Gasteiger partial charge in [0.15, 0.2) is 6.04 Å². The minimum absolute atomic E-state index is 0.211. The summed E-state index contributed by atoms with van der Waals surface area (Å²) in [6.45, 7) is 1.27. The molecule has 1 aromatic heterocycles. The maximum absolute atomic E-state index is 11.7. The second kappa shape index (κ2) is 7.25. The Bertz CT molecular complexity index is 443. The van der Waals surface area contributed by atoms with Crippen molar-refractivity contribution in [3.05, 3.63) is 22.4 Å². The van der Waals surface area contributed by atoms with Crippen LogP contribution in [-0.2, 0) is 9.53 Å². The van der Waals surface area contributed by atoms with Crippen LogP contribution in [0.2, 0.25) is 0 Å². The molecule has 2 unspecified atom stereocenters. The molecule has 0 saturated carbocycles. The Morgan fingerprint density at radius 3 is 3.00 bits per heavy atom. The summed E-state index contributed by atoms with van der Waals surface area (Å²) >= 11 is 1.30. The number of carboxylic acid groups (broad SMARTS) is 1. The molecule has 2 amide bonds. The normalized spacial score (nSPS) is 19.5. The molecule has 2 rings (SSSR count). The fourth-order valence-electron chi connectivity index (χ4n) is 2.11. The molecule has 110 valence electrons. The molecule has 1 saturated heterocycles. The van der Waals surface area contributed by atoms with Crippen LogP contribution in [0.5, 0.6) is 0 Å². The van der Waals surface area contributed by atoms with Crippen LogP contribution < -0.4 is 10.6 Å². The summed E-state index contributed by atoms with van der Waals surface area (Å²) in [5, 5.41) is 16.0. The predicted molar refractivity (Wildman–Crippen MR) is 74.8 cm³/mol. The number of hydrogen-bond acceptors (Lipinski definition) is 4. The van der Waals surface area contributed by atoms with Gasteiger partial charge in [-0.05, 0) is 30.7 Å². The molecule has 2 heterocycles. The van der Waals surface area contributed by atoms with Crippen LogP contribution in [0, 0.1) is 0 Å². The quantitative estimate of drug-likeness (QED) is 0.746. The van der Waals surface area contributed by atoms with Crippen molar-refractivity contribution < 1.29 is 19.4 Å². The number of carbonyl (C=O) groups is 2. The second-order valence-corrected chi connectivity index (χ2v) is 5.59. The summed E-state index contributed by atoms with van der Waals surface area (Å²) in [6, 6.07) is 1.98. The molecule has 1 aliphatic heterocycles. The highest BCUT2D eigenvalue weighted by atomic mass is 32.1. The number of thiophene rings is 1. The molecule has 0 spiro atoms. The van der Waals surface area contributed by atoms with Gasteiger partial charge in [0.1, 0.15) is 0 Å². The van der Waals surface area contributed by atoms with Gasteiger partial charge < -0.3 is 20.5 Å². The van der Waals surface area contributed by atoms with E-state index < -0.39 is 18.0 Å². The smallest absolute Gasteiger partial charge is 0.331 e. The van der Waals surface area contributed by atoms with Gasteiger partial charge in [-0.25, -0.2) is 9.59 Å². The average molecular weight is 298 g/mol. The first-order chi connectivity index (χ1) is 9.66. The SMILES string of the molecule is O=C(NCCC1CCCO1)NC(C(=O)O)c1cccs1. The molecule has 1 fully saturated rings. The highest BCUT2D eigenvalue weighted by Crippen LogP contribution is 2.19. The van der Waals surface area contributed by atoms with Crippen molar-refractivity contribution in [2.24, 2.45) is 0 Å². The fourth-order valence-corrected chi connectivity index (χ4v) is 2.88. The van der Waals surface area contributed by atoms with Gasteiger partial charge in [-0.3, -0.25) is 0 Å². The van der Waals surface area contributed by atoms with Crippen LogP contribution in [-0.4, -0.2) is 36.4 Å². The molecule has 1 aliphatic rings. The van der Waals surface area contributed by atoms with Gasteiger partial charge in [0.2, 0.25) is 0 Å². The lowest BCUT2D eigenvalue weighted by atomic mass is 10.2. The molecule has 3 N–H and O–H groups in total. The molecule has 6 nitrogen and oxygen atoms in total. The zero-order chi connectivity index (χ0) is 14.4. The molecule has 0 radical (unpaired) electrons.